The Labute approximate surface area is 145 Å². The highest BCUT2D eigenvalue weighted by atomic mass is 35.5. The van der Waals surface area contributed by atoms with Crippen LogP contribution < -0.4 is 10.5 Å². The van der Waals surface area contributed by atoms with Crippen LogP contribution in [-0.4, -0.2) is 28.0 Å². The van der Waals surface area contributed by atoms with Gasteiger partial charge in [-0.1, -0.05) is 41.9 Å². The quantitative estimate of drug-likeness (QED) is 0.761. The molecule has 24 heavy (non-hydrogen) atoms. The van der Waals surface area contributed by atoms with Gasteiger partial charge in [-0.05, 0) is 23.8 Å². The molecule has 0 amide bonds. The number of hydrogen-bond donors (Lipinski definition) is 2. The van der Waals surface area contributed by atoms with Gasteiger partial charge in [-0.3, -0.25) is 0 Å². The molecule has 0 aliphatic heterocycles. The first-order valence-corrected chi connectivity index (χ1v) is 8.89. The Kier molecular flexibility index (Phi) is 5.95. The fourth-order valence-corrected chi connectivity index (χ4v) is 3.45. The van der Waals surface area contributed by atoms with Gasteiger partial charge in [0.15, 0.2) is 0 Å². The number of nitrogens with one attached hydrogen (secondary N) is 1. The second-order valence-corrected chi connectivity index (χ2v) is 7.18. The molecule has 8 heteroatoms. The third kappa shape index (κ3) is 4.33. The van der Waals surface area contributed by atoms with Gasteiger partial charge in [0.05, 0.1) is 22.6 Å². The van der Waals surface area contributed by atoms with Gasteiger partial charge < -0.3 is 10.5 Å². The van der Waals surface area contributed by atoms with Crippen molar-refractivity contribution in [2.24, 2.45) is 5.73 Å². The van der Waals surface area contributed by atoms with E-state index >= 15 is 0 Å². The molecule has 3 N–H and O–H groups in total. The van der Waals surface area contributed by atoms with Gasteiger partial charge in [0.1, 0.15) is 0 Å². The molecule has 2 aromatic rings. The molecule has 2 rings (SSSR count). The molecule has 0 aliphatic carbocycles. The SMILES string of the molecule is COC(=O)c1ccc(S(=O)(=O)NCC(N)c2ccccc2)cc1Cl. The van der Waals surface area contributed by atoms with E-state index < -0.39 is 22.0 Å². The van der Waals surface area contributed by atoms with E-state index in [1.807, 2.05) is 30.3 Å². The van der Waals surface area contributed by atoms with Gasteiger partial charge in [-0.2, -0.15) is 0 Å². The zero-order valence-electron chi connectivity index (χ0n) is 12.9. The highest BCUT2D eigenvalue weighted by molar-refractivity contribution is 7.89. The Morgan fingerprint density at radius 1 is 1.25 bits per heavy atom. The summed E-state index contributed by atoms with van der Waals surface area (Å²) in [6.45, 7) is 0.0305. The lowest BCUT2D eigenvalue weighted by Crippen LogP contribution is -2.32. The van der Waals surface area contributed by atoms with Crippen molar-refractivity contribution in [2.45, 2.75) is 10.9 Å². The van der Waals surface area contributed by atoms with E-state index in [2.05, 4.69) is 9.46 Å². The van der Waals surface area contributed by atoms with Gasteiger partial charge in [0.25, 0.3) is 0 Å². The number of hydrogen-bond acceptors (Lipinski definition) is 5. The molecule has 0 saturated heterocycles. The van der Waals surface area contributed by atoms with Crippen LogP contribution in [-0.2, 0) is 14.8 Å². The Bertz CT molecular complexity index is 825. The van der Waals surface area contributed by atoms with Crippen LogP contribution in [0.15, 0.2) is 53.4 Å². The third-order valence-corrected chi connectivity index (χ3v) is 5.11. The van der Waals surface area contributed by atoms with E-state index in [1.165, 1.54) is 25.3 Å². The Hall–Kier alpha value is -1.93. The maximum atomic E-state index is 12.3. The molecule has 0 aliphatic rings. The van der Waals surface area contributed by atoms with Crippen molar-refractivity contribution in [3.63, 3.8) is 0 Å². The first kappa shape index (κ1) is 18.4. The monoisotopic (exact) mass is 368 g/mol. The second kappa shape index (κ2) is 7.76. The zero-order chi connectivity index (χ0) is 17.7. The topological polar surface area (TPSA) is 98.5 Å². The van der Waals surface area contributed by atoms with Crippen molar-refractivity contribution in [1.82, 2.24) is 4.72 Å². The average molecular weight is 369 g/mol. The van der Waals surface area contributed by atoms with Gasteiger partial charge >= 0.3 is 5.97 Å². The molecule has 0 aromatic heterocycles. The summed E-state index contributed by atoms with van der Waals surface area (Å²) in [5, 5.41) is -0.00270. The van der Waals surface area contributed by atoms with Gasteiger partial charge in [-0.15, -0.1) is 0 Å². The molecule has 1 atom stereocenters. The fraction of sp³-hybridized carbons (Fsp3) is 0.188. The average Bonchev–Trinajstić information content (AvgIpc) is 2.59. The van der Waals surface area contributed by atoms with Crippen LogP contribution in [0.3, 0.4) is 0 Å². The molecule has 0 bridgehead atoms. The molecule has 0 fully saturated rings. The van der Waals surface area contributed by atoms with E-state index in [-0.39, 0.29) is 22.0 Å². The van der Waals surface area contributed by atoms with Crippen LogP contribution >= 0.6 is 11.6 Å². The predicted octanol–water partition coefficient (Wildman–Crippen LogP) is 2.10. The number of ether oxygens (including phenoxy) is 1. The number of halogens is 1. The fourth-order valence-electron chi connectivity index (χ4n) is 2.04. The van der Waals surface area contributed by atoms with Crippen LogP contribution in [0.1, 0.15) is 22.0 Å². The number of benzene rings is 2. The van der Waals surface area contributed by atoms with Crippen LogP contribution in [0, 0.1) is 0 Å². The summed E-state index contributed by atoms with van der Waals surface area (Å²) < 4.78 is 31.7. The maximum Gasteiger partial charge on any atom is 0.339 e. The molecule has 128 valence electrons. The predicted molar refractivity (Wildman–Crippen MR) is 91.4 cm³/mol. The third-order valence-electron chi connectivity index (χ3n) is 3.38. The lowest BCUT2D eigenvalue weighted by atomic mass is 10.1. The van der Waals surface area contributed by atoms with E-state index in [4.69, 9.17) is 17.3 Å². The van der Waals surface area contributed by atoms with Crippen molar-refractivity contribution in [1.29, 1.82) is 0 Å². The minimum absolute atomic E-state index is 0.00270. The highest BCUT2D eigenvalue weighted by Crippen LogP contribution is 2.21. The molecule has 1 unspecified atom stereocenters. The van der Waals surface area contributed by atoms with E-state index in [0.717, 1.165) is 5.56 Å². The Morgan fingerprint density at radius 2 is 1.92 bits per heavy atom. The van der Waals surface area contributed by atoms with Gasteiger partial charge in [0.2, 0.25) is 10.0 Å². The number of carbonyl (C=O) groups excluding carboxylic acids is 1. The molecule has 6 nitrogen and oxygen atoms in total. The smallest absolute Gasteiger partial charge is 0.339 e. The van der Waals surface area contributed by atoms with Crippen molar-refractivity contribution in [3.8, 4) is 0 Å². The minimum atomic E-state index is -3.80. The molecule has 0 spiro atoms. The summed E-state index contributed by atoms with van der Waals surface area (Å²) in [6.07, 6.45) is 0. The molecule has 0 radical (unpaired) electrons. The summed E-state index contributed by atoms with van der Waals surface area (Å²) in [7, 11) is -2.58. The number of rotatable bonds is 6. The van der Waals surface area contributed by atoms with Gasteiger partial charge in [0, 0.05) is 12.6 Å². The number of sulfonamides is 1. The second-order valence-electron chi connectivity index (χ2n) is 5.00. The molecule has 0 saturated carbocycles. The van der Waals surface area contributed by atoms with Crippen molar-refractivity contribution in [2.75, 3.05) is 13.7 Å². The van der Waals surface area contributed by atoms with E-state index in [0.29, 0.717) is 0 Å². The molecule has 0 heterocycles. The number of esters is 1. The summed E-state index contributed by atoms with van der Waals surface area (Å²) in [5.74, 6) is -0.636. The van der Waals surface area contributed by atoms with Crippen LogP contribution in [0.4, 0.5) is 0 Å². The molecular weight excluding hydrogens is 352 g/mol. The number of nitrogens with two attached hydrogens (primary N) is 1. The van der Waals surface area contributed by atoms with Crippen LogP contribution in [0.25, 0.3) is 0 Å². The standard InChI is InChI=1S/C16H17ClN2O4S/c1-23-16(20)13-8-7-12(9-14(13)17)24(21,22)19-10-15(18)11-5-3-2-4-6-11/h2-9,15,19H,10,18H2,1H3. The highest BCUT2D eigenvalue weighted by Gasteiger charge is 2.19. The zero-order valence-corrected chi connectivity index (χ0v) is 14.5. The maximum absolute atomic E-state index is 12.3. The van der Waals surface area contributed by atoms with Crippen molar-refractivity contribution in [3.05, 3.63) is 64.7 Å². The van der Waals surface area contributed by atoms with Crippen LogP contribution in [0.5, 0.6) is 0 Å². The largest absolute Gasteiger partial charge is 0.465 e. The van der Waals surface area contributed by atoms with Crippen molar-refractivity contribution >= 4 is 27.6 Å². The lowest BCUT2D eigenvalue weighted by molar-refractivity contribution is 0.0601. The van der Waals surface area contributed by atoms with Gasteiger partial charge in [-0.25, -0.2) is 17.9 Å². The normalized spacial score (nSPS) is 12.6. The summed E-state index contributed by atoms with van der Waals surface area (Å²) in [4.78, 5) is 11.4. The number of methoxy groups -OCH3 is 1. The Morgan fingerprint density at radius 3 is 2.50 bits per heavy atom. The minimum Gasteiger partial charge on any atom is -0.465 e. The van der Waals surface area contributed by atoms with Crippen LogP contribution in [0.2, 0.25) is 5.02 Å². The summed E-state index contributed by atoms with van der Waals surface area (Å²) in [5.41, 5.74) is 6.89. The Balaban J connectivity index is 2.13. The van der Waals surface area contributed by atoms with E-state index in [9.17, 15) is 13.2 Å². The first-order chi connectivity index (χ1) is 11.3. The van der Waals surface area contributed by atoms with E-state index in [1.54, 1.807) is 0 Å². The molecule has 2 aromatic carbocycles. The summed E-state index contributed by atoms with van der Waals surface area (Å²) >= 11 is 5.95. The summed E-state index contributed by atoms with van der Waals surface area (Å²) in [6, 6.07) is 12.5. The molecular formula is C16H17ClN2O4S. The van der Waals surface area contributed by atoms with Crippen molar-refractivity contribution < 1.29 is 17.9 Å². The number of carbonyl (C=O) groups is 1. The lowest BCUT2D eigenvalue weighted by Gasteiger charge is -2.14. The first-order valence-electron chi connectivity index (χ1n) is 7.03.